The lowest BCUT2D eigenvalue weighted by Crippen LogP contribution is -2.38. The van der Waals surface area contributed by atoms with Crippen molar-refractivity contribution in [3.05, 3.63) is 58.2 Å². The third kappa shape index (κ3) is 4.82. The van der Waals surface area contributed by atoms with Crippen molar-refractivity contribution >= 4 is 28.2 Å². The van der Waals surface area contributed by atoms with Gasteiger partial charge in [0.05, 0.1) is 0 Å². The number of guanidine groups is 1. The Kier molecular flexibility index (Phi) is 6.06. The van der Waals surface area contributed by atoms with E-state index < -0.39 is 0 Å². The largest absolute Gasteiger partial charge is 0.361 e. The Labute approximate surface area is 151 Å². The number of fused-ring (bicyclic) bond motifs is 1. The lowest BCUT2D eigenvalue weighted by Gasteiger charge is -2.11. The molecule has 0 saturated carbocycles. The molecule has 0 aliphatic rings. The fourth-order valence-corrected chi connectivity index (χ4v) is 3.45. The molecule has 0 unspecified atom stereocenters. The van der Waals surface area contributed by atoms with Gasteiger partial charge in [-0.2, -0.15) is 0 Å². The first-order valence-corrected chi connectivity index (χ1v) is 9.44. The summed E-state index contributed by atoms with van der Waals surface area (Å²) >= 11 is 1.76. The van der Waals surface area contributed by atoms with Crippen LogP contribution in [0.25, 0.3) is 10.9 Å². The number of hydrogen-bond acceptors (Lipinski definition) is 2. The Morgan fingerprint density at radius 1 is 1.24 bits per heavy atom. The van der Waals surface area contributed by atoms with Gasteiger partial charge in [-0.25, -0.2) is 4.39 Å². The van der Waals surface area contributed by atoms with Crippen LogP contribution in [0.4, 0.5) is 4.39 Å². The standard InChI is InChI=1S/C19H23FN4S/c1-2-21-19(23-10-8-16-4-3-11-25-16)22-9-7-14-13-24-18-6-5-15(20)12-17(14)18/h3-6,11-13,24H,2,7-10H2,1H3,(H2,21,22,23). The number of benzene rings is 1. The van der Waals surface area contributed by atoms with Crippen molar-refractivity contribution in [3.63, 3.8) is 0 Å². The third-order valence-electron chi connectivity index (χ3n) is 3.97. The molecule has 0 spiro atoms. The quantitative estimate of drug-likeness (QED) is 0.445. The number of halogens is 1. The van der Waals surface area contributed by atoms with Crippen LogP contribution in [0.1, 0.15) is 17.4 Å². The summed E-state index contributed by atoms with van der Waals surface area (Å²) in [7, 11) is 0. The molecule has 25 heavy (non-hydrogen) atoms. The summed E-state index contributed by atoms with van der Waals surface area (Å²) in [5.74, 6) is 0.620. The number of aliphatic imine (C=N–C) groups is 1. The van der Waals surface area contributed by atoms with Crippen molar-refractivity contribution in [1.29, 1.82) is 0 Å². The van der Waals surface area contributed by atoms with E-state index in [1.807, 2.05) is 6.20 Å². The number of H-pyrrole nitrogens is 1. The molecule has 6 heteroatoms. The summed E-state index contributed by atoms with van der Waals surface area (Å²) in [6.07, 6.45) is 3.71. The highest BCUT2D eigenvalue weighted by molar-refractivity contribution is 7.09. The van der Waals surface area contributed by atoms with Crippen LogP contribution in [0.2, 0.25) is 0 Å². The highest BCUT2D eigenvalue weighted by Crippen LogP contribution is 2.19. The van der Waals surface area contributed by atoms with E-state index >= 15 is 0 Å². The van der Waals surface area contributed by atoms with E-state index in [9.17, 15) is 4.39 Å². The molecule has 4 nitrogen and oxygen atoms in total. The summed E-state index contributed by atoms with van der Waals surface area (Å²) in [6.45, 7) is 4.38. The van der Waals surface area contributed by atoms with Crippen LogP contribution in [0, 0.1) is 5.82 Å². The zero-order chi connectivity index (χ0) is 17.5. The maximum atomic E-state index is 13.4. The predicted octanol–water partition coefficient (Wildman–Crippen LogP) is 3.71. The van der Waals surface area contributed by atoms with Crippen molar-refractivity contribution < 1.29 is 4.39 Å². The number of aromatic nitrogens is 1. The second kappa shape index (κ2) is 8.67. The van der Waals surface area contributed by atoms with Crippen molar-refractivity contribution in [3.8, 4) is 0 Å². The van der Waals surface area contributed by atoms with E-state index in [0.29, 0.717) is 0 Å². The van der Waals surface area contributed by atoms with Crippen LogP contribution in [-0.4, -0.2) is 30.6 Å². The van der Waals surface area contributed by atoms with Gasteiger partial charge >= 0.3 is 0 Å². The molecule has 3 N–H and O–H groups in total. The van der Waals surface area contributed by atoms with E-state index in [-0.39, 0.29) is 5.82 Å². The van der Waals surface area contributed by atoms with Gasteiger partial charge < -0.3 is 15.6 Å². The molecule has 1 aromatic carbocycles. The first kappa shape index (κ1) is 17.5. The first-order valence-electron chi connectivity index (χ1n) is 8.56. The third-order valence-corrected chi connectivity index (χ3v) is 4.90. The molecule has 132 valence electrons. The first-order chi connectivity index (χ1) is 12.3. The average molecular weight is 358 g/mol. The minimum atomic E-state index is -0.204. The van der Waals surface area contributed by atoms with E-state index in [0.717, 1.165) is 54.9 Å². The second-order valence-electron chi connectivity index (χ2n) is 5.77. The van der Waals surface area contributed by atoms with Crippen LogP contribution in [0.3, 0.4) is 0 Å². The van der Waals surface area contributed by atoms with Gasteiger partial charge in [-0.1, -0.05) is 6.07 Å². The van der Waals surface area contributed by atoms with Gasteiger partial charge in [-0.3, -0.25) is 4.99 Å². The van der Waals surface area contributed by atoms with Gasteiger partial charge in [0.25, 0.3) is 0 Å². The number of aromatic amines is 1. The second-order valence-corrected chi connectivity index (χ2v) is 6.80. The minimum absolute atomic E-state index is 0.204. The van der Waals surface area contributed by atoms with E-state index in [4.69, 9.17) is 0 Å². The fourth-order valence-electron chi connectivity index (χ4n) is 2.75. The topological polar surface area (TPSA) is 52.2 Å². The summed E-state index contributed by atoms with van der Waals surface area (Å²) in [5.41, 5.74) is 2.07. The van der Waals surface area contributed by atoms with E-state index in [1.54, 1.807) is 23.5 Å². The summed E-state index contributed by atoms with van der Waals surface area (Å²) in [5, 5.41) is 9.65. The molecule has 0 aliphatic heterocycles. The number of rotatable bonds is 7. The Bertz CT molecular complexity index is 823. The maximum absolute atomic E-state index is 13.4. The Hall–Kier alpha value is -2.34. The van der Waals surface area contributed by atoms with Crippen LogP contribution >= 0.6 is 11.3 Å². The zero-order valence-corrected chi connectivity index (χ0v) is 15.1. The zero-order valence-electron chi connectivity index (χ0n) is 14.3. The highest BCUT2D eigenvalue weighted by atomic mass is 32.1. The number of nitrogens with one attached hydrogen (secondary N) is 3. The average Bonchev–Trinajstić information content (AvgIpc) is 3.25. The van der Waals surface area contributed by atoms with Crippen LogP contribution in [0.15, 0.2) is 46.9 Å². The van der Waals surface area contributed by atoms with Crippen LogP contribution in [-0.2, 0) is 12.8 Å². The van der Waals surface area contributed by atoms with Crippen molar-refractivity contribution in [2.24, 2.45) is 4.99 Å². The van der Waals surface area contributed by atoms with Gasteiger partial charge in [0.1, 0.15) is 5.82 Å². The molecule has 0 saturated heterocycles. The van der Waals surface area contributed by atoms with Gasteiger partial charge in [0.15, 0.2) is 5.96 Å². The fraction of sp³-hybridized carbons (Fsp3) is 0.316. The summed E-state index contributed by atoms with van der Waals surface area (Å²) in [6, 6.07) is 9.04. The van der Waals surface area contributed by atoms with Gasteiger partial charge in [-0.05, 0) is 48.6 Å². The SMILES string of the molecule is CCNC(=NCCc1cccs1)NCCc1c[nH]c2ccc(F)cc12. The Balaban J connectivity index is 1.54. The lowest BCUT2D eigenvalue weighted by molar-refractivity contribution is 0.629. The monoisotopic (exact) mass is 358 g/mol. The van der Waals surface area contributed by atoms with Crippen LogP contribution in [0.5, 0.6) is 0 Å². The molecule has 0 fully saturated rings. The van der Waals surface area contributed by atoms with Crippen molar-refractivity contribution in [1.82, 2.24) is 15.6 Å². The molecule has 0 amide bonds. The van der Waals surface area contributed by atoms with Crippen molar-refractivity contribution in [2.75, 3.05) is 19.6 Å². The van der Waals surface area contributed by atoms with E-state index in [2.05, 4.69) is 45.0 Å². The molecule has 0 radical (unpaired) electrons. The van der Waals surface area contributed by atoms with Crippen LogP contribution < -0.4 is 10.6 Å². The molecule has 3 aromatic rings. The van der Waals surface area contributed by atoms with Gasteiger partial charge in [0.2, 0.25) is 0 Å². The Morgan fingerprint density at radius 2 is 2.16 bits per heavy atom. The normalized spacial score (nSPS) is 11.8. The predicted molar refractivity (Wildman–Crippen MR) is 104 cm³/mol. The lowest BCUT2D eigenvalue weighted by atomic mass is 10.1. The molecule has 0 atom stereocenters. The number of thiophene rings is 1. The maximum Gasteiger partial charge on any atom is 0.191 e. The number of hydrogen-bond donors (Lipinski definition) is 3. The molecular formula is C19H23FN4S. The highest BCUT2D eigenvalue weighted by Gasteiger charge is 2.05. The smallest absolute Gasteiger partial charge is 0.191 e. The molecular weight excluding hydrogens is 335 g/mol. The molecule has 0 bridgehead atoms. The molecule has 3 rings (SSSR count). The van der Waals surface area contributed by atoms with E-state index in [1.165, 1.54) is 10.9 Å². The summed E-state index contributed by atoms with van der Waals surface area (Å²) in [4.78, 5) is 9.15. The van der Waals surface area contributed by atoms with Gasteiger partial charge in [0, 0.05) is 48.0 Å². The minimum Gasteiger partial charge on any atom is -0.361 e. The van der Waals surface area contributed by atoms with Gasteiger partial charge in [-0.15, -0.1) is 11.3 Å². The molecule has 2 aromatic heterocycles. The Morgan fingerprint density at radius 3 is 2.96 bits per heavy atom. The number of nitrogens with zero attached hydrogens (tertiary/aromatic N) is 1. The molecule has 0 aliphatic carbocycles. The molecule has 2 heterocycles. The summed E-state index contributed by atoms with van der Waals surface area (Å²) < 4.78 is 13.4. The van der Waals surface area contributed by atoms with Crippen molar-refractivity contribution in [2.45, 2.75) is 19.8 Å².